The van der Waals surface area contributed by atoms with Crippen LogP contribution in [0.5, 0.6) is 0 Å². The van der Waals surface area contributed by atoms with Crippen LogP contribution in [-0.2, 0) is 28.7 Å². The standard InChI is InChI=1S/C21H26F3N3O3/c1-20(2,3)30-19(28)26-6-7-27-16(12-26)17(13-4-8-29-9-5-13)15-10-14(21(22,23)24)11-25-18(15)27/h10-11,13H,4-9,12H2,1-3H3. The molecule has 0 unspecified atom stereocenters. The van der Waals surface area contributed by atoms with Gasteiger partial charge in [-0.1, -0.05) is 0 Å². The number of ether oxygens (including phenoxy) is 2. The first-order valence-corrected chi connectivity index (χ1v) is 10.2. The van der Waals surface area contributed by atoms with Crippen LogP contribution < -0.4 is 0 Å². The second-order valence-corrected chi connectivity index (χ2v) is 8.89. The third-order valence-electron chi connectivity index (χ3n) is 5.59. The smallest absolute Gasteiger partial charge is 0.417 e. The number of carbonyl (C=O) groups is 1. The molecule has 1 saturated heterocycles. The minimum Gasteiger partial charge on any atom is -0.444 e. The molecule has 0 spiro atoms. The second kappa shape index (κ2) is 7.44. The van der Waals surface area contributed by atoms with E-state index in [-0.39, 0.29) is 5.92 Å². The molecular weight excluding hydrogens is 399 g/mol. The van der Waals surface area contributed by atoms with Crippen molar-refractivity contribution in [3.63, 3.8) is 0 Å². The fourth-order valence-electron chi connectivity index (χ4n) is 4.27. The number of hydrogen-bond donors (Lipinski definition) is 0. The van der Waals surface area contributed by atoms with E-state index in [0.29, 0.717) is 43.9 Å². The van der Waals surface area contributed by atoms with Crippen LogP contribution in [0, 0.1) is 0 Å². The quantitative estimate of drug-likeness (QED) is 0.665. The molecule has 1 amide bonds. The maximum Gasteiger partial charge on any atom is 0.417 e. The molecule has 0 aliphatic carbocycles. The summed E-state index contributed by atoms with van der Waals surface area (Å²) in [6.07, 6.45) is -2.52. The lowest BCUT2D eigenvalue weighted by Gasteiger charge is -2.32. The van der Waals surface area contributed by atoms with E-state index in [1.165, 1.54) is 6.07 Å². The minimum absolute atomic E-state index is 0.0707. The molecule has 2 aromatic heterocycles. The van der Waals surface area contributed by atoms with Crippen molar-refractivity contribution < 1.29 is 27.4 Å². The average Bonchev–Trinajstić information content (AvgIpc) is 2.99. The first-order valence-electron chi connectivity index (χ1n) is 10.2. The molecule has 9 heteroatoms. The van der Waals surface area contributed by atoms with Crippen LogP contribution in [0.1, 0.15) is 56.4 Å². The molecular formula is C21H26F3N3O3. The first kappa shape index (κ1) is 21.0. The Morgan fingerprint density at radius 2 is 1.90 bits per heavy atom. The van der Waals surface area contributed by atoms with Crippen LogP contribution >= 0.6 is 0 Å². The Morgan fingerprint density at radius 1 is 1.20 bits per heavy atom. The van der Waals surface area contributed by atoms with E-state index in [2.05, 4.69) is 4.98 Å². The number of carbonyl (C=O) groups excluding carboxylic acids is 1. The van der Waals surface area contributed by atoms with Crippen LogP contribution in [0.2, 0.25) is 0 Å². The number of aromatic nitrogens is 2. The van der Waals surface area contributed by atoms with E-state index < -0.39 is 23.4 Å². The summed E-state index contributed by atoms with van der Waals surface area (Å²) in [5, 5.41) is 0.526. The Kier molecular flexibility index (Phi) is 5.20. The Bertz CT molecular complexity index is 956. The van der Waals surface area contributed by atoms with Crippen LogP contribution in [0.25, 0.3) is 11.0 Å². The second-order valence-electron chi connectivity index (χ2n) is 8.89. The van der Waals surface area contributed by atoms with Gasteiger partial charge in [0.05, 0.1) is 12.1 Å². The van der Waals surface area contributed by atoms with E-state index >= 15 is 0 Å². The van der Waals surface area contributed by atoms with Crippen molar-refractivity contribution in [2.75, 3.05) is 19.8 Å². The monoisotopic (exact) mass is 425 g/mol. The third kappa shape index (κ3) is 3.99. The molecule has 0 N–H and O–H groups in total. The topological polar surface area (TPSA) is 56.6 Å². The number of hydrogen-bond acceptors (Lipinski definition) is 4. The van der Waals surface area contributed by atoms with E-state index in [0.717, 1.165) is 30.3 Å². The molecule has 30 heavy (non-hydrogen) atoms. The summed E-state index contributed by atoms with van der Waals surface area (Å²) >= 11 is 0. The van der Waals surface area contributed by atoms with Crippen molar-refractivity contribution >= 4 is 17.1 Å². The summed E-state index contributed by atoms with van der Waals surface area (Å²) in [5.41, 5.74) is 0.882. The number of amides is 1. The highest BCUT2D eigenvalue weighted by Crippen LogP contribution is 2.40. The van der Waals surface area contributed by atoms with E-state index in [9.17, 15) is 18.0 Å². The highest BCUT2D eigenvalue weighted by Gasteiger charge is 2.36. The highest BCUT2D eigenvalue weighted by atomic mass is 19.4. The van der Waals surface area contributed by atoms with Gasteiger partial charge in [-0.05, 0) is 51.2 Å². The maximum atomic E-state index is 13.4. The predicted octanol–water partition coefficient (Wildman–Crippen LogP) is 4.70. The Morgan fingerprint density at radius 3 is 2.53 bits per heavy atom. The first-order chi connectivity index (χ1) is 14.0. The zero-order valence-corrected chi connectivity index (χ0v) is 17.4. The maximum absolute atomic E-state index is 13.4. The molecule has 0 bridgehead atoms. The van der Waals surface area contributed by atoms with Crippen molar-refractivity contribution in [2.45, 2.75) is 64.4 Å². The summed E-state index contributed by atoms with van der Waals surface area (Å²) in [7, 11) is 0. The van der Waals surface area contributed by atoms with Crippen molar-refractivity contribution in [1.82, 2.24) is 14.5 Å². The molecule has 4 rings (SSSR count). The number of nitrogens with zero attached hydrogens (tertiary/aromatic N) is 3. The number of halogens is 3. The van der Waals surface area contributed by atoms with Crippen LogP contribution in [0.15, 0.2) is 12.3 Å². The molecule has 4 heterocycles. The van der Waals surface area contributed by atoms with Gasteiger partial charge in [0.15, 0.2) is 0 Å². The predicted molar refractivity (Wildman–Crippen MR) is 104 cm³/mol. The lowest BCUT2D eigenvalue weighted by Crippen LogP contribution is -2.41. The summed E-state index contributed by atoms with van der Waals surface area (Å²) in [4.78, 5) is 18.4. The molecule has 164 valence electrons. The Balaban J connectivity index is 1.79. The number of fused-ring (bicyclic) bond motifs is 3. The van der Waals surface area contributed by atoms with Gasteiger partial charge in [-0.15, -0.1) is 0 Å². The van der Waals surface area contributed by atoms with Gasteiger partial charge in [-0.25, -0.2) is 9.78 Å². The van der Waals surface area contributed by atoms with Gasteiger partial charge in [-0.3, -0.25) is 0 Å². The zero-order chi connectivity index (χ0) is 21.7. The van der Waals surface area contributed by atoms with Gasteiger partial charge in [0, 0.05) is 43.6 Å². The Hall–Kier alpha value is -2.29. The van der Waals surface area contributed by atoms with Crippen LogP contribution in [0.4, 0.5) is 18.0 Å². The summed E-state index contributed by atoms with van der Waals surface area (Å²) in [5.74, 6) is 0.0707. The van der Waals surface area contributed by atoms with Crippen LogP contribution in [0.3, 0.4) is 0 Å². The highest BCUT2D eigenvalue weighted by molar-refractivity contribution is 5.84. The van der Waals surface area contributed by atoms with Gasteiger partial charge >= 0.3 is 12.3 Å². The summed E-state index contributed by atoms with van der Waals surface area (Å²) in [6, 6.07) is 1.20. The largest absolute Gasteiger partial charge is 0.444 e. The number of alkyl halides is 3. The average molecular weight is 425 g/mol. The molecule has 0 radical (unpaired) electrons. The molecule has 0 atom stereocenters. The van der Waals surface area contributed by atoms with E-state index in [1.807, 2.05) is 25.3 Å². The summed E-state index contributed by atoms with van der Waals surface area (Å²) in [6.45, 7) is 7.73. The lowest BCUT2D eigenvalue weighted by atomic mass is 9.89. The zero-order valence-electron chi connectivity index (χ0n) is 17.4. The van der Waals surface area contributed by atoms with Gasteiger partial charge in [0.2, 0.25) is 0 Å². The molecule has 2 aromatic rings. The van der Waals surface area contributed by atoms with Crippen molar-refractivity contribution in [2.24, 2.45) is 0 Å². The Labute approximate surface area is 172 Å². The van der Waals surface area contributed by atoms with Gasteiger partial charge in [0.1, 0.15) is 11.2 Å². The molecule has 1 fully saturated rings. The van der Waals surface area contributed by atoms with Crippen molar-refractivity contribution in [3.8, 4) is 0 Å². The normalized spacial score (nSPS) is 18.5. The molecule has 0 aromatic carbocycles. The number of rotatable bonds is 1. The molecule has 2 aliphatic heterocycles. The van der Waals surface area contributed by atoms with Gasteiger partial charge in [0.25, 0.3) is 0 Å². The SMILES string of the molecule is CC(C)(C)OC(=O)N1CCn2c(c(C3CCOCC3)c3cc(C(F)(F)F)cnc32)C1. The fraction of sp³-hybridized carbons (Fsp3) is 0.619. The summed E-state index contributed by atoms with van der Waals surface area (Å²) < 4.78 is 53.0. The molecule has 6 nitrogen and oxygen atoms in total. The van der Waals surface area contributed by atoms with E-state index in [1.54, 1.807) is 4.90 Å². The minimum atomic E-state index is -4.46. The fourth-order valence-corrected chi connectivity index (χ4v) is 4.27. The van der Waals surface area contributed by atoms with Crippen molar-refractivity contribution in [3.05, 3.63) is 29.1 Å². The van der Waals surface area contributed by atoms with E-state index in [4.69, 9.17) is 9.47 Å². The molecule has 0 saturated carbocycles. The molecule has 2 aliphatic rings. The lowest BCUT2D eigenvalue weighted by molar-refractivity contribution is -0.137. The number of pyridine rings is 1. The van der Waals surface area contributed by atoms with Gasteiger partial charge in [-0.2, -0.15) is 13.2 Å². The van der Waals surface area contributed by atoms with Crippen LogP contribution in [-0.4, -0.2) is 45.9 Å². The van der Waals surface area contributed by atoms with Gasteiger partial charge < -0.3 is 18.9 Å². The van der Waals surface area contributed by atoms with Crippen molar-refractivity contribution in [1.29, 1.82) is 0 Å². The third-order valence-corrected chi connectivity index (χ3v) is 5.59.